The van der Waals surface area contributed by atoms with Crippen LogP contribution in [0.3, 0.4) is 0 Å². The lowest BCUT2D eigenvalue weighted by Crippen LogP contribution is -2.63. The quantitative estimate of drug-likeness (QED) is 0.591. The summed E-state index contributed by atoms with van der Waals surface area (Å²) in [7, 11) is 1.45. The molecule has 0 bridgehead atoms. The number of aliphatic hydroxyl groups is 3. The lowest BCUT2D eigenvalue weighted by molar-refractivity contribution is -0.366. The molecular weight excluding hydrogens is 320 g/mol. The van der Waals surface area contributed by atoms with Crippen molar-refractivity contribution in [3.05, 3.63) is 23.8 Å². The van der Waals surface area contributed by atoms with Gasteiger partial charge in [0, 0.05) is 0 Å². The van der Waals surface area contributed by atoms with Crippen LogP contribution in [-0.2, 0) is 14.2 Å². The van der Waals surface area contributed by atoms with Crippen molar-refractivity contribution in [3.8, 4) is 11.5 Å². The number of rotatable bonds is 3. The normalized spacial score (nSPS) is 39.3. The standard InChI is InChI=1S/C16H22O8/c1-7-14(8-3-4-9(18)10(5-8)21-2)24-15-13(20)12(19)11(6-17)23-16(15)22-7/h3-5,7,11-20H,6H2,1-2H3/t7?,11-,12-,13+,14?,15-,16-/m1/s1. The Hall–Kier alpha value is -1.42. The van der Waals surface area contributed by atoms with Crippen LogP contribution in [0.2, 0.25) is 0 Å². The Balaban J connectivity index is 1.83. The average Bonchev–Trinajstić information content (AvgIpc) is 2.58. The SMILES string of the molecule is COc1cc(C2O[C@H]3[C@H](OC2C)O[C@H](CO)[C@@H](O)[C@@H]3O)ccc1O. The minimum atomic E-state index is -1.27. The van der Waals surface area contributed by atoms with Gasteiger partial charge >= 0.3 is 0 Å². The molecule has 8 nitrogen and oxygen atoms in total. The monoisotopic (exact) mass is 342 g/mol. The van der Waals surface area contributed by atoms with E-state index in [-0.39, 0.29) is 5.75 Å². The topological polar surface area (TPSA) is 118 Å². The lowest BCUT2D eigenvalue weighted by Gasteiger charge is -2.48. The van der Waals surface area contributed by atoms with Crippen molar-refractivity contribution < 1.29 is 39.4 Å². The first-order chi connectivity index (χ1) is 11.5. The molecule has 1 aromatic rings. The maximum atomic E-state index is 10.3. The second-order valence-electron chi connectivity index (χ2n) is 6.00. The van der Waals surface area contributed by atoms with Crippen molar-refractivity contribution in [1.82, 2.24) is 0 Å². The van der Waals surface area contributed by atoms with E-state index in [1.165, 1.54) is 13.2 Å². The Morgan fingerprint density at radius 2 is 1.88 bits per heavy atom. The van der Waals surface area contributed by atoms with E-state index in [9.17, 15) is 20.4 Å². The maximum absolute atomic E-state index is 10.3. The van der Waals surface area contributed by atoms with Gasteiger partial charge in [0.15, 0.2) is 17.8 Å². The molecule has 3 rings (SSSR count). The summed E-state index contributed by atoms with van der Waals surface area (Å²) in [5.41, 5.74) is 0.696. The molecule has 0 aliphatic carbocycles. The molecule has 24 heavy (non-hydrogen) atoms. The largest absolute Gasteiger partial charge is 0.504 e. The number of aromatic hydroxyl groups is 1. The molecule has 1 aromatic carbocycles. The highest BCUT2D eigenvalue weighted by Gasteiger charge is 2.50. The predicted molar refractivity (Wildman–Crippen MR) is 80.6 cm³/mol. The van der Waals surface area contributed by atoms with Crippen LogP contribution in [0.25, 0.3) is 0 Å². The van der Waals surface area contributed by atoms with E-state index in [1.54, 1.807) is 19.1 Å². The Kier molecular flexibility index (Phi) is 4.95. The minimum Gasteiger partial charge on any atom is -0.504 e. The number of phenolic OH excluding ortho intramolecular Hbond substituents is 1. The molecule has 134 valence electrons. The molecule has 2 aliphatic rings. The van der Waals surface area contributed by atoms with Crippen molar-refractivity contribution in [1.29, 1.82) is 0 Å². The number of hydrogen-bond donors (Lipinski definition) is 4. The van der Waals surface area contributed by atoms with Crippen LogP contribution >= 0.6 is 0 Å². The number of aliphatic hydroxyl groups excluding tert-OH is 3. The highest BCUT2D eigenvalue weighted by Crippen LogP contribution is 2.39. The molecule has 2 saturated heterocycles. The van der Waals surface area contributed by atoms with Gasteiger partial charge < -0.3 is 39.4 Å². The molecule has 0 saturated carbocycles. The summed E-state index contributed by atoms with van der Waals surface area (Å²) in [5.74, 6) is 0.303. The third kappa shape index (κ3) is 2.97. The number of ether oxygens (including phenoxy) is 4. The van der Waals surface area contributed by atoms with E-state index < -0.39 is 49.5 Å². The highest BCUT2D eigenvalue weighted by atomic mass is 16.7. The van der Waals surface area contributed by atoms with Gasteiger partial charge in [-0.15, -0.1) is 0 Å². The molecular formula is C16H22O8. The van der Waals surface area contributed by atoms with E-state index in [0.29, 0.717) is 11.3 Å². The molecule has 0 amide bonds. The fourth-order valence-electron chi connectivity index (χ4n) is 3.09. The smallest absolute Gasteiger partial charge is 0.187 e. The summed E-state index contributed by atoms with van der Waals surface area (Å²) in [6, 6.07) is 4.79. The van der Waals surface area contributed by atoms with Gasteiger partial charge in [0.2, 0.25) is 0 Å². The maximum Gasteiger partial charge on any atom is 0.187 e. The molecule has 2 aliphatic heterocycles. The fourth-order valence-corrected chi connectivity index (χ4v) is 3.09. The second-order valence-corrected chi connectivity index (χ2v) is 6.00. The molecule has 0 spiro atoms. The zero-order valence-electron chi connectivity index (χ0n) is 13.4. The number of phenols is 1. The number of methoxy groups -OCH3 is 1. The number of benzene rings is 1. The van der Waals surface area contributed by atoms with Crippen LogP contribution in [0, 0.1) is 0 Å². The Bertz CT molecular complexity index is 579. The van der Waals surface area contributed by atoms with Gasteiger partial charge in [-0.1, -0.05) is 6.07 Å². The second kappa shape index (κ2) is 6.83. The zero-order valence-corrected chi connectivity index (χ0v) is 13.4. The Morgan fingerprint density at radius 1 is 1.12 bits per heavy atom. The van der Waals surface area contributed by atoms with E-state index in [2.05, 4.69) is 0 Å². The molecule has 7 atom stereocenters. The summed E-state index contributed by atoms with van der Waals surface area (Å²) in [6.45, 7) is 1.35. The first-order valence-electron chi connectivity index (χ1n) is 7.76. The third-order valence-corrected chi connectivity index (χ3v) is 4.44. The summed E-state index contributed by atoms with van der Waals surface area (Å²) >= 11 is 0. The van der Waals surface area contributed by atoms with Crippen LogP contribution in [0.1, 0.15) is 18.6 Å². The van der Waals surface area contributed by atoms with Gasteiger partial charge in [-0.25, -0.2) is 0 Å². The van der Waals surface area contributed by atoms with E-state index in [0.717, 1.165) is 0 Å². The van der Waals surface area contributed by atoms with Crippen LogP contribution in [0.4, 0.5) is 0 Å². The third-order valence-electron chi connectivity index (χ3n) is 4.44. The van der Waals surface area contributed by atoms with Crippen molar-refractivity contribution in [2.24, 2.45) is 0 Å². The molecule has 2 unspecified atom stereocenters. The summed E-state index contributed by atoms with van der Waals surface area (Å²) in [6.07, 6.45) is -6.20. The van der Waals surface area contributed by atoms with Crippen LogP contribution < -0.4 is 4.74 Å². The summed E-state index contributed by atoms with van der Waals surface area (Å²) < 4.78 is 22.3. The molecule has 8 heteroatoms. The first kappa shape index (κ1) is 17.4. The summed E-state index contributed by atoms with van der Waals surface area (Å²) in [5, 5.41) is 39.2. The molecule has 4 N–H and O–H groups in total. The summed E-state index contributed by atoms with van der Waals surface area (Å²) in [4.78, 5) is 0. The fraction of sp³-hybridized carbons (Fsp3) is 0.625. The Morgan fingerprint density at radius 3 is 2.54 bits per heavy atom. The van der Waals surface area contributed by atoms with Crippen molar-refractivity contribution in [2.75, 3.05) is 13.7 Å². The van der Waals surface area contributed by atoms with Crippen molar-refractivity contribution >= 4 is 0 Å². The van der Waals surface area contributed by atoms with Gasteiger partial charge in [-0.3, -0.25) is 0 Å². The molecule has 0 radical (unpaired) electrons. The highest BCUT2D eigenvalue weighted by molar-refractivity contribution is 5.42. The van der Waals surface area contributed by atoms with Crippen molar-refractivity contribution in [2.45, 2.75) is 49.8 Å². The van der Waals surface area contributed by atoms with E-state index >= 15 is 0 Å². The van der Waals surface area contributed by atoms with Gasteiger partial charge in [0.1, 0.15) is 30.5 Å². The minimum absolute atomic E-state index is 0.00533. The van der Waals surface area contributed by atoms with Crippen LogP contribution in [0.15, 0.2) is 18.2 Å². The zero-order chi connectivity index (χ0) is 17.4. The van der Waals surface area contributed by atoms with Crippen LogP contribution in [-0.4, -0.2) is 71.0 Å². The van der Waals surface area contributed by atoms with Gasteiger partial charge in [0.25, 0.3) is 0 Å². The van der Waals surface area contributed by atoms with Crippen molar-refractivity contribution in [3.63, 3.8) is 0 Å². The molecule has 2 fully saturated rings. The van der Waals surface area contributed by atoms with Gasteiger partial charge in [-0.2, -0.15) is 0 Å². The van der Waals surface area contributed by atoms with Gasteiger partial charge in [0.05, 0.1) is 19.8 Å². The van der Waals surface area contributed by atoms with Gasteiger partial charge in [-0.05, 0) is 24.6 Å². The molecule has 2 heterocycles. The number of hydrogen-bond acceptors (Lipinski definition) is 8. The van der Waals surface area contributed by atoms with E-state index in [4.69, 9.17) is 18.9 Å². The van der Waals surface area contributed by atoms with E-state index in [1.807, 2.05) is 0 Å². The lowest BCUT2D eigenvalue weighted by atomic mass is 9.96. The first-order valence-corrected chi connectivity index (χ1v) is 7.76. The predicted octanol–water partition coefficient (Wildman–Crippen LogP) is -0.315. The Labute approximate surface area is 139 Å². The molecule has 0 aromatic heterocycles. The van der Waals surface area contributed by atoms with Crippen LogP contribution in [0.5, 0.6) is 11.5 Å². The average molecular weight is 342 g/mol. The number of fused-ring (bicyclic) bond motifs is 1.